The summed E-state index contributed by atoms with van der Waals surface area (Å²) in [5.74, 6) is -0.0298. The number of methoxy groups -OCH3 is 1. The van der Waals surface area contributed by atoms with Crippen LogP contribution in [0.1, 0.15) is 15.9 Å². The molecule has 1 N–H and O–H groups in total. The van der Waals surface area contributed by atoms with Gasteiger partial charge < -0.3 is 15.0 Å². The Morgan fingerprint density at radius 2 is 1.79 bits per heavy atom. The summed E-state index contributed by atoms with van der Waals surface area (Å²) in [7, 11) is 1.57. The van der Waals surface area contributed by atoms with Crippen LogP contribution in [-0.4, -0.2) is 61.4 Å². The fraction of sp³-hybridized carbons (Fsp3) is 0.333. The molecule has 3 rings (SSSR count). The van der Waals surface area contributed by atoms with Gasteiger partial charge >= 0.3 is 0 Å². The van der Waals surface area contributed by atoms with E-state index in [2.05, 4.69) is 26.1 Å². The summed E-state index contributed by atoms with van der Waals surface area (Å²) in [6.45, 7) is 2.99. The zero-order valence-corrected chi connectivity index (χ0v) is 17.7. The quantitative estimate of drug-likeness (QED) is 0.715. The maximum Gasteiger partial charge on any atom is 0.251 e. The smallest absolute Gasteiger partial charge is 0.251 e. The summed E-state index contributed by atoms with van der Waals surface area (Å²) in [5.41, 5.74) is 1.30. The van der Waals surface area contributed by atoms with Gasteiger partial charge in [-0.2, -0.15) is 0 Å². The van der Waals surface area contributed by atoms with E-state index in [0.717, 1.165) is 10.0 Å². The third-order valence-corrected chi connectivity index (χ3v) is 5.40. The predicted molar refractivity (Wildman–Crippen MR) is 111 cm³/mol. The average molecular weight is 464 g/mol. The highest BCUT2D eigenvalue weighted by atomic mass is 79.9. The molecule has 2 aromatic rings. The van der Waals surface area contributed by atoms with Crippen molar-refractivity contribution >= 4 is 27.7 Å². The molecule has 8 heteroatoms. The number of nitrogens with zero attached hydrogens (tertiary/aromatic N) is 2. The van der Waals surface area contributed by atoms with Crippen molar-refractivity contribution in [2.45, 2.75) is 6.54 Å². The lowest BCUT2D eigenvalue weighted by molar-refractivity contribution is -0.131. The molecule has 29 heavy (non-hydrogen) atoms. The zero-order chi connectivity index (χ0) is 20.8. The van der Waals surface area contributed by atoms with Gasteiger partial charge in [-0.05, 0) is 42.5 Å². The topological polar surface area (TPSA) is 61.9 Å². The van der Waals surface area contributed by atoms with Crippen LogP contribution in [-0.2, 0) is 11.3 Å². The fourth-order valence-corrected chi connectivity index (χ4v) is 3.50. The average Bonchev–Trinajstić information content (AvgIpc) is 2.73. The molecule has 0 saturated carbocycles. The lowest BCUT2D eigenvalue weighted by atomic mass is 10.1. The lowest BCUT2D eigenvalue weighted by Crippen LogP contribution is -2.50. The maximum absolute atomic E-state index is 13.5. The molecule has 1 heterocycles. The van der Waals surface area contributed by atoms with E-state index in [9.17, 15) is 14.0 Å². The summed E-state index contributed by atoms with van der Waals surface area (Å²) in [5, 5.41) is 2.67. The maximum atomic E-state index is 13.5. The van der Waals surface area contributed by atoms with Gasteiger partial charge in [-0.3, -0.25) is 14.5 Å². The molecule has 0 radical (unpaired) electrons. The molecule has 6 nitrogen and oxygen atoms in total. The summed E-state index contributed by atoms with van der Waals surface area (Å²) in [4.78, 5) is 28.4. The Hall–Kier alpha value is -2.45. The number of piperazine rings is 1. The van der Waals surface area contributed by atoms with Crippen molar-refractivity contribution in [1.82, 2.24) is 15.1 Å². The van der Waals surface area contributed by atoms with Crippen molar-refractivity contribution in [3.05, 3.63) is 63.9 Å². The van der Waals surface area contributed by atoms with E-state index >= 15 is 0 Å². The second-order valence-corrected chi connectivity index (χ2v) is 7.72. The molecule has 0 bridgehead atoms. The summed E-state index contributed by atoms with van der Waals surface area (Å²) < 4.78 is 19.7. The Bertz CT molecular complexity index is 868. The van der Waals surface area contributed by atoms with Crippen molar-refractivity contribution in [2.24, 2.45) is 0 Å². The van der Waals surface area contributed by atoms with E-state index in [1.807, 2.05) is 0 Å². The minimum atomic E-state index is -0.295. The van der Waals surface area contributed by atoms with Crippen molar-refractivity contribution in [2.75, 3.05) is 39.8 Å². The second-order valence-electron chi connectivity index (χ2n) is 6.80. The number of nitrogens with one attached hydrogen (secondary N) is 1. The highest BCUT2D eigenvalue weighted by molar-refractivity contribution is 9.10. The van der Waals surface area contributed by atoms with E-state index in [-0.39, 0.29) is 24.2 Å². The molecule has 1 aliphatic heterocycles. The third-order valence-electron chi connectivity index (χ3n) is 4.87. The summed E-state index contributed by atoms with van der Waals surface area (Å²) in [6.07, 6.45) is 0. The van der Waals surface area contributed by atoms with E-state index in [1.165, 1.54) is 12.1 Å². The molecule has 0 unspecified atom stereocenters. The van der Waals surface area contributed by atoms with Crippen LogP contribution in [0.2, 0.25) is 0 Å². The zero-order valence-electron chi connectivity index (χ0n) is 16.2. The first-order valence-electron chi connectivity index (χ1n) is 9.32. The Labute approximate surface area is 177 Å². The van der Waals surface area contributed by atoms with Crippen LogP contribution in [0, 0.1) is 5.82 Å². The molecular formula is C21H23BrFN3O3. The number of carbonyl (C=O) groups is 2. The molecule has 0 spiro atoms. The van der Waals surface area contributed by atoms with Gasteiger partial charge in [-0.15, -0.1) is 0 Å². The molecule has 1 aliphatic rings. The monoisotopic (exact) mass is 463 g/mol. The number of benzene rings is 2. The van der Waals surface area contributed by atoms with Gasteiger partial charge in [0.1, 0.15) is 11.6 Å². The highest BCUT2D eigenvalue weighted by Crippen LogP contribution is 2.21. The van der Waals surface area contributed by atoms with Crippen LogP contribution in [0.15, 0.2) is 46.9 Å². The van der Waals surface area contributed by atoms with Crippen molar-refractivity contribution in [1.29, 1.82) is 0 Å². The van der Waals surface area contributed by atoms with Crippen LogP contribution >= 0.6 is 15.9 Å². The van der Waals surface area contributed by atoms with Gasteiger partial charge in [0.25, 0.3) is 5.91 Å². The molecule has 0 aliphatic carbocycles. The fourth-order valence-electron chi connectivity index (χ4n) is 3.24. The van der Waals surface area contributed by atoms with Gasteiger partial charge in [0.2, 0.25) is 5.91 Å². The number of carbonyl (C=O) groups excluding carboxylic acids is 2. The lowest BCUT2D eigenvalue weighted by Gasteiger charge is -2.35. The minimum absolute atomic E-state index is 0.0351. The minimum Gasteiger partial charge on any atom is -0.496 e. The van der Waals surface area contributed by atoms with Crippen LogP contribution < -0.4 is 10.1 Å². The second kappa shape index (κ2) is 9.84. The van der Waals surface area contributed by atoms with Gasteiger partial charge in [0.05, 0.1) is 13.7 Å². The van der Waals surface area contributed by atoms with E-state index < -0.39 is 0 Å². The molecule has 0 atom stereocenters. The van der Waals surface area contributed by atoms with Crippen LogP contribution in [0.3, 0.4) is 0 Å². The molecule has 2 aromatic carbocycles. The SMILES string of the molecule is COc1ccc(F)cc1CN1CCN(C(=O)CNC(=O)c2ccc(Br)cc2)CC1. The molecule has 1 saturated heterocycles. The first-order valence-corrected chi connectivity index (χ1v) is 10.1. The van der Waals surface area contributed by atoms with Crippen LogP contribution in [0.5, 0.6) is 5.75 Å². The molecular weight excluding hydrogens is 441 g/mol. The Kier molecular flexibility index (Phi) is 7.22. The number of hydrogen-bond donors (Lipinski definition) is 1. The first kappa shape index (κ1) is 21.3. The molecule has 1 fully saturated rings. The van der Waals surface area contributed by atoms with Gasteiger partial charge in [-0.1, -0.05) is 15.9 Å². The third kappa shape index (κ3) is 5.77. The van der Waals surface area contributed by atoms with Crippen molar-refractivity contribution in [3.8, 4) is 5.75 Å². The predicted octanol–water partition coefficient (Wildman–Crippen LogP) is 2.67. The molecule has 0 aromatic heterocycles. The summed E-state index contributed by atoms with van der Waals surface area (Å²) >= 11 is 3.32. The number of ether oxygens (including phenoxy) is 1. The van der Waals surface area contributed by atoms with E-state index in [4.69, 9.17) is 4.74 Å². The number of amides is 2. The molecule has 2 amide bonds. The Morgan fingerprint density at radius 3 is 2.45 bits per heavy atom. The highest BCUT2D eigenvalue weighted by Gasteiger charge is 2.22. The van der Waals surface area contributed by atoms with Gasteiger partial charge in [0.15, 0.2) is 0 Å². The number of rotatable bonds is 6. The normalized spacial score (nSPS) is 14.5. The number of halogens is 2. The molecule has 154 valence electrons. The van der Waals surface area contributed by atoms with Crippen molar-refractivity contribution < 1.29 is 18.7 Å². The standard InChI is InChI=1S/C21H23BrFN3O3/c1-29-19-7-6-18(23)12-16(19)14-25-8-10-26(11-9-25)20(27)13-24-21(28)15-2-4-17(22)5-3-15/h2-7,12H,8-11,13-14H2,1H3,(H,24,28). The van der Waals surface area contributed by atoms with Crippen LogP contribution in [0.25, 0.3) is 0 Å². The van der Waals surface area contributed by atoms with E-state index in [1.54, 1.807) is 42.3 Å². The Morgan fingerprint density at radius 1 is 1.10 bits per heavy atom. The Balaban J connectivity index is 1.46. The van der Waals surface area contributed by atoms with Gasteiger partial charge in [-0.25, -0.2) is 4.39 Å². The van der Waals surface area contributed by atoms with Crippen molar-refractivity contribution in [3.63, 3.8) is 0 Å². The summed E-state index contributed by atoms with van der Waals surface area (Å²) in [6, 6.07) is 11.4. The first-order chi connectivity index (χ1) is 14.0. The van der Waals surface area contributed by atoms with Gasteiger partial charge in [0, 0.05) is 48.3 Å². The van der Waals surface area contributed by atoms with Crippen LogP contribution in [0.4, 0.5) is 4.39 Å². The number of hydrogen-bond acceptors (Lipinski definition) is 4. The largest absolute Gasteiger partial charge is 0.496 e. The van der Waals surface area contributed by atoms with E-state index in [0.29, 0.717) is 44.0 Å².